The Labute approximate surface area is 309 Å². The van der Waals surface area contributed by atoms with E-state index in [9.17, 15) is 0 Å². The van der Waals surface area contributed by atoms with E-state index in [-0.39, 0.29) is 0 Å². The summed E-state index contributed by atoms with van der Waals surface area (Å²) in [7, 11) is 0. The Morgan fingerprint density at radius 2 is 0.906 bits per heavy atom. The quantitative estimate of drug-likeness (QED) is 0.175. The molecule has 5 heteroatoms. The fraction of sp³-hybridized carbons (Fsp3) is 0.0833. The first kappa shape index (κ1) is 32.2. The zero-order valence-corrected chi connectivity index (χ0v) is 30.2. The summed E-state index contributed by atoms with van der Waals surface area (Å²) in [6.07, 6.45) is 0. The van der Waals surface area contributed by atoms with Gasteiger partial charge >= 0.3 is 0 Å². The van der Waals surface area contributed by atoms with Gasteiger partial charge in [0.1, 0.15) is 0 Å². The van der Waals surface area contributed by atoms with Crippen LogP contribution in [-0.4, -0.2) is 24.5 Å². The molecule has 0 aliphatic carbocycles. The Bertz CT molecular complexity index is 2680. The van der Waals surface area contributed by atoms with Crippen LogP contribution in [0.4, 0.5) is 0 Å². The molecule has 9 aromatic rings. The van der Waals surface area contributed by atoms with Crippen molar-refractivity contribution in [2.75, 3.05) is 0 Å². The molecule has 0 bridgehead atoms. The van der Waals surface area contributed by atoms with Gasteiger partial charge in [-0.15, -0.1) is 0 Å². The average molecular weight is 684 g/mol. The number of rotatable bonds is 6. The van der Waals surface area contributed by atoms with Crippen molar-refractivity contribution in [1.82, 2.24) is 24.5 Å². The van der Waals surface area contributed by atoms with Gasteiger partial charge < -0.3 is 4.57 Å². The molecule has 0 saturated carbocycles. The van der Waals surface area contributed by atoms with E-state index in [4.69, 9.17) is 19.9 Å². The van der Waals surface area contributed by atoms with E-state index in [1.807, 2.05) is 67.6 Å². The largest absolute Gasteiger partial charge is 0.309 e. The number of nitrogens with zero attached hydrogens (tertiary/aromatic N) is 5. The van der Waals surface area contributed by atoms with Crippen LogP contribution in [0.5, 0.6) is 0 Å². The summed E-state index contributed by atoms with van der Waals surface area (Å²) in [4.78, 5) is 20.0. The predicted octanol–water partition coefficient (Wildman–Crippen LogP) is 11.9. The van der Waals surface area contributed by atoms with E-state index < -0.39 is 0 Å². The second kappa shape index (κ2) is 13.1. The standard InChI is InChI=1S/C48H37N5/c1-30-15-25-44-42(27-30)43-28-31(2)16-26-45(43)53(44)38-21-18-34(19-22-38)41-29-37(39-23-17-32(3)49-33(39)4)20-24-40(41)48-51-46(35-11-7-5-8-12-35)50-47(52-48)36-13-9-6-10-14-36/h5-29H,1-4H3. The second-order valence-corrected chi connectivity index (χ2v) is 13.8. The van der Waals surface area contributed by atoms with E-state index in [0.29, 0.717) is 17.5 Å². The molecule has 0 saturated heterocycles. The van der Waals surface area contributed by atoms with E-state index >= 15 is 0 Å². The molecule has 3 heterocycles. The average Bonchev–Trinajstić information content (AvgIpc) is 3.50. The van der Waals surface area contributed by atoms with E-state index in [0.717, 1.165) is 56.0 Å². The number of benzene rings is 6. The molecule has 0 radical (unpaired) electrons. The lowest BCUT2D eigenvalue weighted by molar-refractivity contribution is 1.07. The Morgan fingerprint density at radius 3 is 1.47 bits per heavy atom. The second-order valence-electron chi connectivity index (χ2n) is 13.8. The van der Waals surface area contributed by atoms with E-state index in [1.54, 1.807) is 0 Å². The van der Waals surface area contributed by atoms with Crippen LogP contribution in [0.15, 0.2) is 152 Å². The van der Waals surface area contributed by atoms with Gasteiger partial charge in [0.05, 0.1) is 11.0 Å². The SMILES string of the molecule is Cc1ccc2c(c1)c1cc(C)ccc1n2-c1ccc(-c2cc(-c3ccc(C)nc3C)ccc2-c2nc(-c3ccccc3)nc(-c3ccccc3)n2)cc1. The smallest absolute Gasteiger partial charge is 0.164 e. The maximum atomic E-state index is 5.12. The highest BCUT2D eigenvalue weighted by atomic mass is 15.0. The monoisotopic (exact) mass is 683 g/mol. The number of fused-ring (bicyclic) bond motifs is 3. The third kappa shape index (κ3) is 5.96. The summed E-state index contributed by atoms with van der Waals surface area (Å²) in [6.45, 7) is 8.42. The Kier molecular flexibility index (Phi) is 7.97. The van der Waals surface area contributed by atoms with Gasteiger partial charge in [0, 0.05) is 50.1 Å². The van der Waals surface area contributed by atoms with Crippen molar-refractivity contribution in [3.8, 4) is 62.1 Å². The van der Waals surface area contributed by atoms with E-state index in [2.05, 4.69) is 116 Å². The third-order valence-electron chi connectivity index (χ3n) is 10.0. The molecule has 0 aliphatic rings. The molecule has 6 aromatic carbocycles. The van der Waals surface area contributed by atoms with Gasteiger partial charge in [-0.05, 0) is 99.0 Å². The minimum absolute atomic E-state index is 0.621. The van der Waals surface area contributed by atoms with Gasteiger partial charge in [-0.25, -0.2) is 15.0 Å². The van der Waals surface area contributed by atoms with Crippen molar-refractivity contribution in [1.29, 1.82) is 0 Å². The molecule has 0 N–H and O–H groups in total. The van der Waals surface area contributed by atoms with Gasteiger partial charge in [0.2, 0.25) is 0 Å². The van der Waals surface area contributed by atoms with Crippen LogP contribution in [0.1, 0.15) is 22.5 Å². The van der Waals surface area contributed by atoms with Gasteiger partial charge in [-0.1, -0.05) is 108 Å². The molecule has 0 amide bonds. The highest BCUT2D eigenvalue weighted by molar-refractivity contribution is 6.09. The topological polar surface area (TPSA) is 56.5 Å². The number of hydrogen-bond donors (Lipinski definition) is 0. The zero-order chi connectivity index (χ0) is 36.1. The highest BCUT2D eigenvalue weighted by Crippen LogP contribution is 2.38. The molecular formula is C48H37N5. The summed E-state index contributed by atoms with van der Waals surface area (Å²) < 4.78 is 2.37. The van der Waals surface area contributed by atoms with Gasteiger partial charge in [-0.2, -0.15) is 0 Å². The van der Waals surface area contributed by atoms with Gasteiger partial charge in [0.15, 0.2) is 17.5 Å². The number of aryl methyl sites for hydroxylation is 4. The highest BCUT2D eigenvalue weighted by Gasteiger charge is 2.19. The molecular weight excluding hydrogens is 647 g/mol. The maximum Gasteiger partial charge on any atom is 0.164 e. The number of hydrogen-bond acceptors (Lipinski definition) is 4. The lowest BCUT2D eigenvalue weighted by Gasteiger charge is -2.15. The van der Waals surface area contributed by atoms with Crippen LogP contribution in [0.3, 0.4) is 0 Å². The molecule has 0 spiro atoms. The van der Waals surface area contributed by atoms with Crippen LogP contribution < -0.4 is 0 Å². The van der Waals surface area contributed by atoms with Crippen molar-refractivity contribution < 1.29 is 0 Å². The van der Waals surface area contributed by atoms with Gasteiger partial charge in [-0.3, -0.25) is 4.98 Å². The zero-order valence-electron chi connectivity index (χ0n) is 30.2. The van der Waals surface area contributed by atoms with Crippen LogP contribution >= 0.6 is 0 Å². The normalized spacial score (nSPS) is 11.4. The fourth-order valence-corrected chi connectivity index (χ4v) is 7.39. The molecule has 5 nitrogen and oxygen atoms in total. The van der Waals surface area contributed by atoms with Crippen LogP contribution in [0.2, 0.25) is 0 Å². The molecule has 0 unspecified atom stereocenters. The molecule has 0 atom stereocenters. The van der Waals surface area contributed by atoms with Crippen LogP contribution in [0.25, 0.3) is 83.9 Å². The van der Waals surface area contributed by atoms with Crippen molar-refractivity contribution in [3.05, 3.63) is 174 Å². The van der Waals surface area contributed by atoms with Crippen molar-refractivity contribution in [2.24, 2.45) is 0 Å². The Hall–Kier alpha value is -6.72. The first-order valence-corrected chi connectivity index (χ1v) is 18.0. The van der Waals surface area contributed by atoms with E-state index in [1.165, 1.54) is 32.9 Å². The molecule has 0 aliphatic heterocycles. The Balaban J connectivity index is 1.24. The fourth-order valence-electron chi connectivity index (χ4n) is 7.39. The number of aromatic nitrogens is 5. The van der Waals surface area contributed by atoms with Crippen LogP contribution in [0, 0.1) is 27.7 Å². The van der Waals surface area contributed by atoms with Crippen molar-refractivity contribution >= 4 is 21.8 Å². The maximum absolute atomic E-state index is 5.12. The summed E-state index contributed by atoms with van der Waals surface area (Å²) in [5, 5.41) is 2.53. The summed E-state index contributed by atoms with van der Waals surface area (Å²) in [5.74, 6) is 1.89. The molecule has 9 rings (SSSR count). The summed E-state index contributed by atoms with van der Waals surface area (Å²) in [5.41, 5.74) is 15.1. The lowest BCUT2D eigenvalue weighted by Crippen LogP contribution is -2.01. The van der Waals surface area contributed by atoms with Crippen molar-refractivity contribution in [2.45, 2.75) is 27.7 Å². The molecule has 53 heavy (non-hydrogen) atoms. The summed E-state index contributed by atoms with van der Waals surface area (Å²) >= 11 is 0. The predicted molar refractivity (Wildman–Crippen MR) is 218 cm³/mol. The first-order valence-electron chi connectivity index (χ1n) is 18.0. The number of pyridine rings is 1. The van der Waals surface area contributed by atoms with Crippen molar-refractivity contribution in [3.63, 3.8) is 0 Å². The summed E-state index contributed by atoms with van der Waals surface area (Å²) in [6, 6.07) is 53.4. The first-order chi connectivity index (χ1) is 25.9. The minimum atomic E-state index is 0.621. The lowest BCUT2D eigenvalue weighted by atomic mass is 9.93. The third-order valence-corrected chi connectivity index (χ3v) is 10.0. The minimum Gasteiger partial charge on any atom is -0.309 e. The molecule has 254 valence electrons. The molecule has 3 aromatic heterocycles. The Morgan fingerprint density at radius 1 is 0.377 bits per heavy atom. The van der Waals surface area contributed by atoms with Crippen LogP contribution in [-0.2, 0) is 0 Å². The molecule has 0 fully saturated rings. The van der Waals surface area contributed by atoms with Gasteiger partial charge in [0.25, 0.3) is 0 Å².